The summed E-state index contributed by atoms with van der Waals surface area (Å²) < 4.78 is 2.17. The molecule has 15 heavy (non-hydrogen) atoms. The molecule has 0 fully saturated rings. The molecule has 1 N–H and O–H groups in total. The van der Waals surface area contributed by atoms with E-state index in [2.05, 4.69) is 23.4 Å². The lowest BCUT2D eigenvalue weighted by molar-refractivity contribution is -0.142. The third-order valence-electron chi connectivity index (χ3n) is 2.99. The Morgan fingerprint density at radius 2 is 2.40 bits per heavy atom. The minimum atomic E-state index is -0.687. The minimum absolute atomic E-state index is 0.228. The molecular formula is C11H16N2O2. The molecule has 1 aromatic rings. The van der Waals surface area contributed by atoms with Crippen LogP contribution in [0.3, 0.4) is 0 Å². The van der Waals surface area contributed by atoms with Gasteiger partial charge in [-0.25, -0.2) is 4.98 Å². The van der Waals surface area contributed by atoms with Crippen LogP contribution >= 0.6 is 0 Å². The summed E-state index contributed by atoms with van der Waals surface area (Å²) in [5, 5.41) is 8.95. The molecule has 4 nitrogen and oxygen atoms in total. The maximum Gasteiger partial charge on any atom is 0.306 e. The Morgan fingerprint density at radius 3 is 3.00 bits per heavy atom. The molecule has 1 aliphatic rings. The van der Waals surface area contributed by atoms with Crippen molar-refractivity contribution in [3.05, 3.63) is 17.7 Å². The zero-order chi connectivity index (χ0) is 11.0. The highest BCUT2D eigenvalue weighted by Crippen LogP contribution is 2.25. The zero-order valence-corrected chi connectivity index (χ0v) is 9.10. The van der Waals surface area contributed by atoms with Gasteiger partial charge in [-0.15, -0.1) is 0 Å². The van der Waals surface area contributed by atoms with Crippen molar-refractivity contribution < 1.29 is 9.90 Å². The van der Waals surface area contributed by atoms with Crippen LogP contribution in [0, 0.1) is 5.92 Å². The van der Waals surface area contributed by atoms with E-state index < -0.39 is 5.97 Å². The number of hydrogen-bond acceptors (Lipinski definition) is 2. The van der Waals surface area contributed by atoms with Gasteiger partial charge in [-0.1, -0.05) is 13.8 Å². The molecule has 4 heteroatoms. The average molecular weight is 208 g/mol. The summed E-state index contributed by atoms with van der Waals surface area (Å²) in [6.07, 6.45) is 3.16. The molecule has 1 aliphatic heterocycles. The Kier molecular flexibility index (Phi) is 2.50. The highest BCUT2D eigenvalue weighted by molar-refractivity contribution is 5.70. The number of aliphatic carboxylic acids is 1. The van der Waals surface area contributed by atoms with Crippen molar-refractivity contribution in [2.45, 2.75) is 39.2 Å². The fraction of sp³-hybridized carbons (Fsp3) is 0.636. The van der Waals surface area contributed by atoms with E-state index in [4.69, 9.17) is 5.11 Å². The number of nitrogens with zero attached hydrogens (tertiary/aromatic N) is 2. The molecule has 0 saturated carbocycles. The van der Waals surface area contributed by atoms with Crippen LogP contribution in [-0.4, -0.2) is 20.6 Å². The quantitative estimate of drug-likeness (QED) is 0.804. The van der Waals surface area contributed by atoms with E-state index in [0.717, 1.165) is 24.5 Å². The molecule has 0 radical (unpaired) electrons. The Morgan fingerprint density at radius 1 is 1.67 bits per heavy atom. The van der Waals surface area contributed by atoms with Gasteiger partial charge < -0.3 is 9.67 Å². The number of carboxylic acids is 1. The van der Waals surface area contributed by atoms with E-state index in [1.54, 1.807) is 0 Å². The number of aromatic nitrogens is 2. The Balaban J connectivity index is 2.26. The molecule has 1 atom stereocenters. The van der Waals surface area contributed by atoms with E-state index in [9.17, 15) is 4.79 Å². The van der Waals surface area contributed by atoms with Gasteiger partial charge in [0, 0.05) is 30.8 Å². The smallest absolute Gasteiger partial charge is 0.306 e. The summed E-state index contributed by atoms with van der Waals surface area (Å²) >= 11 is 0. The molecule has 0 saturated heterocycles. The first kappa shape index (κ1) is 10.2. The first-order valence-corrected chi connectivity index (χ1v) is 5.36. The second-order valence-corrected chi connectivity index (χ2v) is 4.44. The van der Waals surface area contributed by atoms with Gasteiger partial charge in [0.25, 0.3) is 0 Å². The molecular weight excluding hydrogens is 192 g/mol. The summed E-state index contributed by atoms with van der Waals surface area (Å²) in [6.45, 7) is 5.01. The van der Waals surface area contributed by atoms with E-state index >= 15 is 0 Å². The van der Waals surface area contributed by atoms with Crippen LogP contribution < -0.4 is 0 Å². The van der Waals surface area contributed by atoms with Crippen LogP contribution in [0.1, 0.15) is 37.7 Å². The standard InChI is InChI=1S/C11H16N2O2/c1-7(2)10-12-6-9-5-8(11(14)15)3-4-13(9)10/h6-8H,3-5H2,1-2H3,(H,14,15). The van der Waals surface area contributed by atoms with Crippen molar-refractivity contribution in [2.75, 3.05) is 0 Å². The van der Waals surface area contributed by atoms with E-state index in [-0.39, 0.29) is 5.92 Å². The van der Waals surface area contributed by atoms with Crippen molar-refractivity contribution in [1.29, 1.82) is 0 Å². The fourth-order valence-electron chi connectivity index (χ4n) is 2.16. The van der Waals surface area contributed by atoms with Gasteiger partial charge in [0.15, 0.2) is 0 Å². The third kappa shape index (κ3) is 1.76. The summed E-state index contributed by atoms with van der Waals surface area (Å²) in [7, 11) is 0. The van der Waals surface area contributed by atoms with Gasteiger partial charge in [0.1, 0.15) is 5.82 Å². The van der Waals surface area contributed by atoms with Crippen molar-refractivity contribution in [1.82, 2.24) is 9.55 Å². The summed E-state index contributed by atoms with van der Waals surface area (Å²) in [4.78, 5) is 15.2. The summed E-state index contributed by atoms with van der Waals surface area (Å²) in [6, 6.07) is 0. The van der Waals surface area contributed by atoms with Crippen molar-refractivity contribution in [3.8, 4) is 0 Å². The van der Waals surface area contributed by atoms with Gasteiger partial charge in [-0.2, -0.15) is 0 Å². The number of carboxylic acid groups (broad SMARTS) is 1. The largest absolute Gasteiger partial charge is 0.481 e. The minimum Gasteiger partial charge on any atom is -0.481 e. The number of carbonyl (C=O) groups is 1. The predicted molar refractivity (Wildman–Crippen MR) is 55.8 cm³/mol. The monoisotopic (exact) mass is 208 g/mol. The molecule has 0 spiro atoms. The molecule has 1 aromatic heterocycles. The Labute approximate surface area is 88.9 Å². The van der Waals surface area contributed by atoms with E-state index in [0.29, 0.717) is 12.3 Å². The van der Waals surface area contributed by atoms with Crippen LogP contribution in [0.2, 0.25) is 0 Å². The molecule has 2 heterocycles. The topological polar surface area (TPSA) is 55.1 Å². The van der Waals surface area contributed by atoms with Crippen LogP contribution in [0.25, 0.3) is 0 Å². The predicted octanol–water partition coefficient (Wildman–Crippen LogP) is 1.65. The molecule has 1 unspecified atom stereocenters. The van der Waals surface area contributed by atoms with Crippen LogP contribution in [0.5, 0.6) is 0 Å². The van der Waals surface area contributed by atoms with Crippen LogP contribution in [0.15, 0.2) is 6.20 Å². The highest BCUT2D eigenvalue weighted by Gasteiger charge is 2.26. The van der Waals surface area contributed by atoms with Gasteiger partial charge in [0.2, 0.25) is 0 Å². The first-order valence-electron chi connectivity index (χ1n) is 5.36. The molecule has 0 bridgehead atoms. The second kappa shape index (κ2) is 3.68. The average Bonchev–Trinajstić information content (AvgIpc) is 2.59. The van der Waals surface area contributed by atoms with Gasteiger partial charge >= 0.3 is 5.97 Å². The normalized spacial score (nSPS) is 20.3. The van der Waals surface area contributed by atoms with Gasteiger partial charge in [0.05, 0.1) is 5.92 Å². The molecule has 0 amide bonds. The van der Waals surface area contributed by atoms with Crippen LogP contribution in [0.4, 0.5) is 0 Å². The fourth-order valence-corrected chi connectivity index (χ4v) is 2.16. The zero-order valence-electron chi connectivity index (χ0n) is 9.10. The van der Waals surface area contributed by atoms with E-state index in [1.807, 2.05) is 6.20 Å². The molecule has 2 rings (SSSR count). The van der Waals surface area contributed by atoms with Gasteiger partial charge in [-0.05, 0) is 6.42 Å². The molecule has 82 valence electrons. The van der Waals surface area contributed by atoms with Crippen molar-refractivity contribution in [3.63, 3.8) is 0 Å². The number of hydrogen-bond donors (Lipinski definition) is 1. The van der Waals surface area contributed by atoms with Crippen molar-refractivity contribution >= 4 is 5.97 Å². The lowest BCUT2D eigenvalue weighted by Gasteiger charge is -2.22. The lowest BCUT2D eigenvalue weighted by atomic mass is 9.96. The maximum absolute atomic E-state index is 10.9. The Bertz CT molecular complexity index is 382. The Hall–Kier alpha value is -1.32. The van der Waals surface area contributed by atoms with Crippen molar-refractivity contribution in [2.24, 2.45) is 5.92 Å². The molecule has 0 aliphatic carbocycles. The number of imidazole rings is 1. The lowest BCUT2D eigenvalue weighted by Crippen LogP contribution is -2.26. The van der Waals surface area contributed by atoms with Crippen LogP contribution in [-0.2, 0) is 17.8 Å². The maximum atomic E-state index is 10.9. The summed E-state index contributed by atoms with van der Waals surface area (Å²) in [5.41, 5.74) is 1.07. The first-order chi connectivity index (χ1) is 7.09. The highest BCUT2D eigenvalue weighted by atomic mass is 16.4. The van der Waals surface area contributed by atoms with Gasteiger partial charge in [-0.3, -0.25) is 4.79 Å². The van der Waals surface area contributed by atoms with E-state index in [1.165, 1.54) is 0 Å². The third-order valence-corrected chi connectivity index (χ3v) is 2.99. The molecule has 0 aromatic carbocycles. The summed E-state index contributed by atoms with van der Waals surface area (Å²) in [5.74, 6) is 0.566. The number of rotatable bonds is 2. The SMILES string of the molecule is CC(C)c1ncc2n1CCC(C(=O)O)C2. The second-order valence-electron chi connectivity index (χ2n) is 4.44. The number of fused-ring (bicyclic) bond motifs is 1.